The van der Waals surface area contributed by atoms with Gasteiger partial charge in [-0.05, 0) is 48.4 Å². The van der Waals surface area contributed by atoms with E-state index in [4.69, 9.17) is 25.3 Å². The number of oxime groups is 1. The molecule has 2 aromatic carbocycles. The lowest BCUT2D eigenvalue weighted by Gasteiger charge is -2.00. The third-order valence-corrected chi connectivity index (χ3v) is 3.68. The Morgan fingerprint density at radius 3 is 1.94 bits per heavy atom. The average Bonchev–Trinajstić information content (AvgIpc) is 2.79. The van der Waals surface area contributed by atoms with Crippen LogP contribution in [0.2, 0.25) is 0 Å². The lowest BCUT2D eigenvalue weighted by atomic mass is 10.2. The van der Waals surface area contributed by atoms with Gasteiger partial charge < -0.3 is 24.3 Å². The van der Waals surface area contributed by atoms with Crippen LogP contribution in [0.3, 0.4) is 0 Å². The second-order valence-electron chi connectivity index (χ2n) is 5.97. The van der Waals surface area contributed by atoms with Gasteiger partial charge in [-0.25, -0.2) is 10.7 Å². The molecule has 31 heavy (non-hydrogen) atoms. The first kappa shape index (κ1) is 25.4. The molecular formula is C23H28N2O6. The number of rotatable bonds is 10. The Labute approximate surface area is 182 Å². The van der Waals surface area contributed by atoms with E-state index in [9.17, 15) is 4.79 Å². The fourth-order valence-corrected chi connectivity index (χ4v) is 2.13. The number of hydrogen-bond acceptors (Lipinski definition) is 7. The minimum Gasteiger partial charge on any atom is -0.497 e. The van der Waals surface area contributed by atoms with E-state index >= 15 is 0 Å². The maximum atomic E-state index is 10.4. The van der Waals surface area contributed by atoms with Crippen LogP contribution in [0.1, 0.15) is 18.1 Å². The van der Waals surface area contributed by atoms with Gasteiger partial charge in [0.05, 0.1) is 20.8 Å². The van der Waals surface area contributed by atoms with Crippen molar-refractivity contribution in [3.63, 3.8) is 0 Å². The first-order chi connectivity index (χ1) is 15.0. The summed E-state index contributed by atoms with van der Waals surface area (Å²) in [6.07, 6.45) is 7.35. The van der Waals surface area contributed by atoms with Gasteiger partial charge in [0, 0.05) is 0 Å². The summed E-state index contributed by atoms with van der Waals surface area (Å²) in [6.45, 7) is 1.99. The molecule has 0 heterocycles. The molecule has 0 aliphatic heterocycles. The molecular weight excluding hydrogens is 400 g/mol. The first-order valence-corrected chi connectivity index (χ1v) is 9.32. The number of carbonyl (C=O) groups is 1. The molecule has 0 aromatic heterocycles. The summed E-state index contributed by atoms with van der Waals surface area (Å²) in [7, 11) is 3.25. The predicted octanol–water partition coefficient (Wildman–Crippen LogP) is 3.78. The summed E-state index contributed by atoms with van der Waals surface area (Å²) >= 11 is 0. The molecule has 0 atom stereocenters. The number of methoxy groups -OCH3 is 2. The van der Waals surface area contributed by atoms with Crippen molar-refractivity contribution in [2.24, 2.45) is 11.1 Å². The number of carboxylic acid groups (broad SMARTS) is 1. The van der Waals surface area contributed by atoms with Crippen molar-refractivity contribution in [1.29, 1.82) is 0 Å². The molecule has 8 heteroatoms. The molecule has 0 saturated heterocycles. The molecule has 2 aromatic rings. The highest BCUT2D eigenvalue weighted by Gasteiger charge is 2.00. The molecule has 166 valence electrons. The van der Waals surface area contributed by atoms with Crippen LogP contribution < -0.4 is 15.4 Å². The van der Waals surface area contributed by atoms with Gasteiger partial charge >= 0.3 is 5.97 Å². The average molecular weight is 428 g/mol. The van der Waals surface area contributed by atoms with Crippen LogP contribution in [-0.2, 0) is 14.5 Å². The number of ether oxygens (including phenoxy) is 2. The molecule has 0 spiro atoms. The van der Waals surface area contributed by atoms with Crippen LogP contribution >= 0.6 is 0 Å². The molecule has 0 aliphatic carbocycles. The van der Waals surface area contributed by atoms with E-state index in [2.05, 4.69) is 9.99 Å². The van der Waals surface area contributed by atoms with Crippen LogP contribution in [0.15, 0.2) is 65.8 Å². The van der Waals surface area contributed by atoms with E-state index < -0.39 is 5.97 Å². The Bertz CT molecular complexity index is 893. The van der Waals surface area contributed by atoms with Gasteiger partial charge in [-0.1, -0.05) is 47.6 Å². The smallest absolute Gasteiger partial charge is 0.353 e. The van der Waals surface area contributed by atoms with E-state index in [-0.39, 0.29) is 12.3 Å². The van der Waals surface area contributed by atoms with Crippen molar-refractivity contribution >= 4 is 23.8 Å². The largest absolute Gasteiger partial charge is 0.497 e. The normalized spacial score (nSPS) is 11.2. The minimum absolute atomic E-state index is 0.0789. The van der Waals surface area contributed by atoms with Gasteiger partial charge in [-0.2, -0.15) is 0 Å². The zero-order chi connectivity index (χ0) is 22.9. The highest BCUT2D eigenvalue weighted by Crippen LogP contribution is 2.14. The molecule has 8 nitrogen and oxygen atoms in total. The Kier molecular flexibility index (Phi) is 12.5. The molecule has 0 amide bonds. The van der Waals surface area contributed by atoms with Gasteiger partial charge in [-0.15, -0.1) is 0 Å². The van der Waals surface area contributed by atoms with Crippen molar-refractivity contribution in [2.45, 2.75) is 6.92 Å². The van der Waals surface area contributed by atoms with Crippen molar-refractivity contribution in [1.82, 2.24) is 0 Å². The van der Waals surface area contributed by atoms with Gasteiger partial charge in [0.25, 0.3) is 0 Å². The second-order valence-corrected chi connectivity index (χ2v) is 5.97. The fourth-order valence-electron chi connectivity index (χ4n) is 2.13. The van der Waals surface area contributed by atoms with Crippen molar-refractivity contribution in [2.75, 3.05) is 27.4 Å². The topological polar surface area (TPSA) is 113 Å². The van der Waals surface area contributed by atoms with Crippen molar-refractivity contribution < 1.29 is 29.0 Å². The lowest BCUT2D eigenvalue weighted by molar-refractivity contribution is -0.129. The SMILES string of the molecule is COc1cccc(C=CCON)c1.COc1cccc(C=CCON=C(C)C(=O)O)c1. The monoisotopic (exact) mass is 428 g/mol. The van der Waals surface area contributed by atoms with E-state index in [1.165, 1.54) is 6.92 Å². The molecule has 0 saturated carbocycles. The lowest BCUT2D eigenvalue weighted by Crippen LogP contribution is -2.08. The van der Waals surface area contributed by atoms with E-state index in [1.807, 2.05) is 66.8 Å². The maximum absolute atomic E-state index is 10.4. The highest BCUT2D eigenvalue weighted by atomic mass is 16.6. The summed E-state index contributed by atoms with van der Waals surface area (Å²) in [5.41, 5.74) is 1.96. The molecule has 0 aliphatic rings. The van der Waals surface area contributed by atoms with Crippen LogP contribution in [0.25, 0.3) is 12.2 Å². The summed E-state index contributed by atoms with van der Waals surface area (Å²) in [5, 5.41) is 12.0. The summed E-state index contributed by atoms with van der Waals surface area (Å²) in [4.78, 5) is 19.6. The Hall–Kier alpha value is -3.62. The number of nitrogens with two attached hydrogens (primary N) is 1. The fraction of sp³-hybridized carbons (Fsp3) is 0.217. The zero-order valence-electron chi connectivity index (χ0n) is 17.9. The van der Waals surface area contributed by atoms with Gasteiger partial charge in [-0.3, -0.25) is 0 Å². The Balaban J connectivity index is 0.000000327. The van der Waals surface area contributed by atoms with Gasteiger partial charge in [0.2, 0.25) is 0 Å². The third-order valence-electron chi connectivity index (χ3n) is 3.68. The van der Waals surface area contributed by atoms with Crippen LogP contribution in [-0.4, -0.2) is 44.2 Å². The number of hydrogen-bond donors (Lipinski definition) is 2. The van der Waals surface area contributed by atoms with Crippen LogP contribution in [0.5, 0.6) is 11.5 Å². The Morgan fingerprint density at radius 1 is 0.968 bits per heavy atom. The molecule has 0 radical (unpaired) electrons. The summed E-state index contributed by atoms with van der Waals surface area (Å²) < 4.78 is 10.2. The highest BCUT2D eigenvalue weighted by molar-refractivity contribution is 6.34. The van der Waals surface area contributed by atoms with Crippen molar-refractivity contribution in [3.05, 3.63) is 71.8 Å². The maximum Gasteiger partial charge on any atom is 0.353 e. The van der Waals surface area contributed by atoms with Gasteiger partial charge in [0.1, 0.15) is 18.1 Å². The number of aliphatic carboxylic acids is 1. The zero-order valence-corrected chi connectivity index (χ0v) is 17.9. The van der Waals surface area contributed by atoms with Crippen molar-refractivity contribution in [3.8, 4) is 11.5 Å². The predicted molar refractivity (Wildman–Crippen MR) is 121 cm³/mol. The van der Waals surface area contributed by atoms with E-state index in [0.717, 1.165) is 22.6 Å². The summed E-state index contributed by atoms with van der Waals surface area (Å²) in [5.74, 6) is 5.40. The minimum atomic E-state index is -1.09. The second kappa shape index (κ2) is 15.3. The van der Waals surface area contributed by atoms with E-state index in [1.54, 1.807) is 20.3 Å². The molecule has 3 N–H and O–H groups in total. The first-order valence-electron chi connectivity index (χ1n) is 9.32. The van der Waals surface area contributed by atoms with Crippen LogP contribution in [0, 0.1) is 0 Å². The quantitative estimate of drug-likeness (QED) is 0.336. The van der Waals surface area contributed by atoms with E-state index in [0.29, 0.717) is 6.61 Å². The number of carboxylic acids is 1. The molecule has 2 rings (SSSR count). The summed E-state index contributed by atoms with van der Waals surface area (Å²) in [6, 6.07) is 15.3. The molecule has 0 fully saturated rings. The Morgan fingerprint density at radius 2 is 1.48 bits per heavy atom. The van der Waals surface area contributed by atoms with Gasteiger partial charge in [0.15, 0.2) is 5.71 Å². The number of nitrogens with zero attached hydrogens (tertiary/aromatic N) is 1. The molecule has 0 bridgehead atoms. The van der Waals surface area contributed by atoms with Crippen LogP contribution in [0.4, 0.5) is 0 Å². The standard InChI is InChI=1S/C13H15NO4.C10H13NO2/c1-10(13(15)16)14-18-8-4-6-11-5-3-7-12(9-11)17-2;1-12-10-6-2-4-9(8-10)5-3-7-13-11/h3-7,9H,8H2,1-2H3,(H,15,16);2-6,8H,7,11H2,1H3. The molecule has 0 unspecified atom stereocenters. The number of benzene rings is 2. The third kappa shape index (κ3) is 11.2.